The van der Waals surface area contributed by atoms with Crippen LogP contribution in [0.3, 0.4) is 0 Å². The minimum absolute atomic E-state index is 0.247. The molecule has 19 heavy (non-hydrogen) atoms. The van der Waals surface area contributed by atoms with Crippen LogP contribution in [0.5, 0.6) is 0 Å². The molecule has 1 aliphatic heterocycles. The number of nitrogens with zero attached hydrogens (tertiary/aromatic N) is 1. The van der Waals surface area contributed by atoms with Gasteiger partial charge in [0.05, 0.1) is 5.69 Å². The van der Waals surface area contributed by atoms with E-state index in [1.54, 1.807) is 16.4 Å². The summed E-state index contributed by atoms with van der Waals surface area (Å²) in [5.41, 5.74) is 8.22. The Morgan fingerprint density at radius 2 is 1.58 bits per heavy atom. The zero-order valence-electron chi connectivity index (χ0n) is 12.0. The van der Waals surface area contributed by atoms with Gasteiger partial charge in [0.1, 0.15) is 4.90 Å². The molecule has 2 unspecified atom stereocenters. The highest BCUT2D eigenvalue weighted by Gasteiger charge is 2.35. The fourth-order valence-electron chi connectivity index (χ4n) is 2.45. The largest absolute Gasteiger partial charge is 0.398 e. The molecule has 2 N–H and O–H groups in total. The van der Waals surface area contributed by atoms with Crippen molar-refractivity contribution in [2.75, 3.05) is 18.8 Å². The van der Waals surface area contributed by atoms with E-state index in [9.17, 15) is 8.42 Å². The van der Waals surface area contributed by atoms with Gasteiger partial charge in [-0.25, -0.2) is 8.42 Å². The first-order valence-corrected chi connectivity index (χ1v) is 8.04. The van der Waals surface area contributed by atoms with E-state index in [1.165, 1.54) is 0 Å². The third-order valence-electron chi connectivity index (χ3n) is 4.20. The van der Waals surface area contributed by atoms with Crippen molar-refractivity contribution < 1.29 is 8.42 Å². The Kier molecular flexibility index (Phi) is 3.62. The standard InChI is InChI=1S/C14H22N2O2S/c1-9-5-13(15)14(6-10(9)2)19(17,18)16-7-11(3)12(4)8-16/h5-6,11-12H,7-8,15H2,1-4H3. The predicted molar refractivity (Wildman–Crippen MR) is 77.4 cm³/mol. The monoisotopic (exact) mass is 282 g/mol. The second-order valence-corrected chi connectivity index (χ2v) is 7.66. The van der Waals surface area contributed by atoms with Gasteiger partial charge in [-0.05, 0) is 48.9 Å². The Morgan fingerprint density at radius 3 is 2.11 bits per heavy atom. The van der Waals surface area contributed by atoms with Crippen molar-refractivity contribution >= 4 is 15.7 Å². The summed E-state index contributed by atoms with van der Waals surface area (Å²) in [6.07, 6.45) is 0. The lowest BCUT2D eigenvalue weighted by atomic mass is 10.0. The van der Waals surface area contributed by atoms with Crippen molar-refractivity contribution in [1.29, 1.82) is 0 Å². The van der Waals surface area contributed by atoms with E-state index in [2.05, 4.69) is 13.8 Å². The summed E-state index contributed by atoms with van der Waals surface area (Å²) in [5, 5.41) is 0. The Hall–Kier alpha value is -1.07. The lowest BCUT2D eigenvalue weighted by Gasteiger charge is -2.18. The number of anilines is 1. The van der Waals surface area contributed by atoms with Crippen LogP contribution in [0.1, 0.15) is 25.0 Å². The van der Waals surface area contributed by atoms with Crippen LogP contribution in [0, 0.1) is 25.7 Å². The number of nitrogen functional groups attached to an aromatic ring is 1. The SMILES string of the molecule is Cc1cc(N)c(S(=O)(=O)N2CC(C)C(C)C2)cc1C. The highest BCUT2D eigenvalue weighted by Crippen LogP contribution is 2.31. The molecule has 0 radical (unpaired) electrons. The highest BCUT2D eigenvalue weighted by molar-refractivity contribution is 7.89. The summed E-state index contributed by atoms with van der Waals surface area (Å²) in [6.45, 7) is 9.17. The number of nitrogens with two attached hydrogens (primary N) is 1. The zero-order chi connectivity index (χ0) is 14.4. The molecule has 2 rings (SSSR count). The Labute approximate surface area is 115 Å². The maximum atomic E-state index is 12.7. The van der Waals surface area contributed by atoms with E-state index >= 15 is 0 Å². The lowest BCUT2D eigenvalue weighted by molar-refractivity contribution is 0.463. The molecule has 0 bridgehead atoms. The minimum Gasteiger partial charge on any atom is -0.398 e. The molecule has 1 saturated heterocycles. The van der Waals surface area contributed by atoms with Gasteiger partial charge in [0, 0.05) is 13.1 Å². The van der Waals surface area contributed by atoms with E-state index in [-0.39, 0.29) is 4.90 Å². The first-order chi connectivity index (χ1) is 8.73. The normalized spacial score (nSPS) is 24.8. The quantitative estimate of drug-likeness (QED) is 0.845. The summed E-state index contributed by atoms with van der Waals surface area (Å²) >= 11 is 0. The van der Waals surface area contributed by atoms with Crippen LogP contribution in [-0.4, -0.2) is 25.8 Å². The van der Waals surface area contributed by atoms with Crippen molar-refractivity contribution in [3.05, 3.63) is 23.3 Å². The van der Waals surface area contributed by atoms with Gasteiger partial charge in [-0.15, -0.1) is 0 Å². The van der Waals surface area contributed by atoms with Crippen LogP contribution in [-0.2, 0) is 10.0 Å². The average molecular weight is 282 g/mol. The Morgan fingerprint density at radius 1 is 1.11 bits per heavy atom. The molecule has 106 valence electrons. The molecule has 1 fully saturated rings. The molecular formula is C14H22N2O2S. The summed E-state index contributed by atoms with van der Waals surface area (Å²) in [6, 6.07) is 3.43. The van der Waals surface area contributed by atoms with Gasteiger partial charge in [-0.3, -0.25) is 0 Å². The molecule has 1 heterocycles. The highest BCUT2D eigenvalue weighted by atomic mass is 32.2. The molecule has 0 spiro atoms. The van der Waals surface area contributed by atoms with Crippen molar-refractivity contribution in [3.63, 3.8) is 0 Å². The van der Waals surface area contributed by atoms with Gasteiger partial charge in [0.15, 0.2) is 0 Å². The van der Waals surface area contributed by atoms with E-state index in [1.807, 2.05) is 13.8 Å². The molecule has 1 aromatic rings. The fraction of sp³-hybridized carbons (Fsp3) is 0.571. The number of benzene rings is 1. The molecule has 4 nitrogen and oxygen atoms in total. The maximum absolute atomic E-state index is 12.7. The van der Waals surface area contributed by atoms with Crippen molar-refractivity contribution in [2.45, 2.75) is 32.6 Å². The predicted octanol–water partition coefficient (Wildman–Crippen LogP) is 2.16. The first-order valence-electron chi connectivity index (χ1n) is 6.60. The van der Waals surface area contributed by atoms with Crippen molar-refractivity contribution in [2.24, 2.45) is 11.8 Å². The van der Waals surface area contributed by atoms with Gasteiger partial charge < -0.3 is 5.73 Å². The first kappa shape index (κ1) is 14.3. The molecular weight excluding hydrogens is 260 g/mol. The molecule has 5 heteroatoms. The van der Waals surface area contributed by atoms with Crippen molar-refractivity contribution in [1.82, 2.24) is 4.31 Å². The summed E-state index contributed by atoms with van der Waals surface area (Å²) in [7, 11) is -3.47. The number of hydrogen-bond acceptors (Lipinski definition) is 3. The van der Waals surface area contributed by atoms with Crippen LogP contribution in [0.2, 0.25) is 0 Å². The zero-order valence-corrected chi connectivity index (χ0v) is 12.8. The van der Waals surface area contributed by atoms with E-state index in [0.717, 1.165) is 11.1 Å². The number of hydrogen-bond donors (Lipinski definition) is 1. The topological polar surface area (TPSA) is 63.4 Å². The minimum atomic E-state index is -3.47. The number of aryl methyl sites for hydroxylation is 2. The summed E-state index contributed by atoms with van der Waals surface area (Å²) in [5.74, 6) is 0.782. The molecule has 0 amide bonds. The maximum Gasteiger partial charge on any atom is 0.245 e. The second-order valence-electron chi connectivity index (χ2n) is 5.75. The van der Waals surface area contributed by atoms with Crippen LogP contribution >= 0.6 is 0 Å². The number of sulfonamides is 1. The van der Waals surface area contributed by atoms with Gasteiger partial charge >= 0.3 is 0 Å². The Balaban J connectivity index is 2.43. The summed E-state index contributed by atoms with van der Waals surface area (Å²) in [4.78, 5) is 0.247. The van der Waals surface area contributed by atoms with Crippen LogP contribution < -0.4 is 5.73 Å². The molecule has 0 aromatic heterocycles. The van der Waals surface area contributed by atoms with Gasteiger partial charge in [0.25, 0.3) is 0 Å². The average Bonchev–Trinajstić information content (AvgIpc) is 2.65. The second kappa shape index (κ2) is 4.80. The van der Waals surface area contributed by atoms with Crippen LogP contribution in [0.25, 0.3) is 0 Å². The van der Waals surface area contributed by atoms with Gasteiger partial charge in [-0.1, -0.05) is 13.8 Å². The third-order valence-corrected chi connectivity index (χ3v) is 6.09. The fourth-order valence-corrected chi connectivity index (χ4v) is 4.27. The van der Waals surface area contributed by atoms with Crippen LogP contribution in [0.4, 0.5) is 5.69 Å². The Bertz CT molecular complexity index is 586. The molecule has 2 atom stereocenters. The van der Waals surface area contributed by atoms with Crippen LogP contribution in [0.15, 0.2) is 17.0 Å². The summed E-state index contributed by atoms with van der Waals surface area (Å²) < 4.78 is 26.9. The van der Waals surface area contributed by atoms with E-state index in [0.29, 0.717) is 30.6 Å². The van der Waals surface area contributed by atoms with E-state index < -0.39 is 10.0 Å². The number of rotatable bonds is 2. The third kappa shape index (κ3) is 2.49. The molecule has 0 aliphatic carbocycles. The molecule has 0 saturated carbocycles. The molecule has 1 aromatic carbocycles. The smallest absolute Gasteiger partial charge is 0.245 e. The lowest BCUT2D eigenvalue weighted by Crippen LogP contribution is -2.29. The molecule has 1 aliphatic rings. The van der Waals surface area contributed by atoms with Gasteiger partial charge in [-0.2, -0.15) is 4.31 Å². The van der Waals surface area contributed by atoms with E-state index in [4.69, 9.17) is 5.73 Å². The van der Waals surface area contributed by atoms with Crippen molar-refractivity contribution in [3.8, 4) is 0 Å². The van der Waals surface area contributed by atoms with Gasteiger partial charge in [0.2, 0.25) is 10.0 Å².